The van der Waals surface area contributed by atoms with Crippen molar-refractivity contribution < 1.29 is 4.74 Å². The molecule has 1 aromatic carbocycles. The van der Waals surface area contributed by atoms with Gasteiger partial charge in [-0.25, -0.2) is 0 Å². The second kappa shape index (κ2) is 6.05. The number of hydrogen-bond donors (Lipinski definition) is 1. The molecule has 2 nitrogen and oxygen atoms in total. The van der Waals surface area contributed by atoms with Gasteiger partial charge in [-0.05, 0) is 43.5 Å². The second-order valence-corrected chi connectivity index (χ2v) is 5.29. The Bertz CT molecular complexity index is 378. The summed E-state index contributed by atoms with van der Waals surface area (Å²) in [4.78, 5) is 0. The molecule has 2 unspecified atom stereocenters. The summed E-state index contributed by atoms with van der Waals surface area (Å²) in [6.45, 7) is 1.77. The van der Waals surface area contributed by atoms with E-state index in [0.717, 1.165) is 26.1 Å². The van der Waals surface area contributed by atoms with Crippen molar-refractivity contribution in [1.29, 1.82) is 0 Å². The van der Waals surface area contributed by atoms with Crippen LogP contribution < -0.4 is 5.32 Å². The van der Waals surface area contributed by atoms with Gasteiger partial charge in [-0.2, -0.15) is 0 Å². The first-order chi connectivity index (χ1) is 8.20. The molecule has 2 rings (SSSR count). The van der Waals surface area contributed by atoms with E-state index < -0.39 is 0 Å². The largest absolute Gasteiger partial charge is 0.381 e. The predicted octanol–water partition coefficient (Wildman–Crippen LogP) is 3.68. The Morgan fingerprint density at radius 2 is 2.24 bits per heavy atom. The highest BCUT2D eigenvalue weighted by atomic mass is 35.5. The minimum atomic E-state index is 0.316. The minimum Gasteiger partial charge on any atom is -0.381 e. The first-order valence-corrected chi connectivity index (χ1v) is 6.66. The summed E-state index contributed by atoms with van der Waals surface area (Å²) in [7, 11) is 1.98. The summed E-state index contributed by atoms with van der Waals surface area (Å²) >= 11 is 12.0. The van der Waals surface area contributed by atoms with Crippen LogP contribution in [-0.4, -0.2) is 20.3 Å². The lowest BCUT2D eigenvalue weighted by atomic mass is 9.94. The van der Waals surface area contributed by atoms with Gasteiger partial charge in [0.2, 0.25) is 0 Å². The highest BCUT2D eigenvalue weighted by molar-refractivity contribution is 6.42. The molecule has 0 radical (unpaired) electrons. The molecule has 4 heteroatoms. The first kappa shape index (κ1) is 13.2. The molecular formula is C13H17Cl2NO. The molecule has 17 heavy (non-hydrogen) atoms. The van der Waals surface area contributed by atoms with Crippen molar-refractivity contribution in [2.45, 2.75) is 18.9 Å². The maximum atomic E-state index is 6.05. The molecule has 2 atom stereocenters. The third-order valence-electron chi connectivity index (χ3n) is 3.29. The van der Waals surface area contributed by atoms with E-state index in [2.05, 4.69) is 5.32 Å². The normalized spacial score (nSPS) is 21.7. The number of halogens is 2. The Morgan fingerprint density at radius 3 is 2.82 bits per heavy atom. The maximum absolute atomic E-state index is 6.05. The third-order valence-corrected chi connectivity index (χ3v) is 4.03. The van der Waals surface area contributed by atoms with Gasteiger partial charge in [0.05, 0.1) is 10.0 Å². The summed E-state index contributed by atoms with van der Waals surface area (Å²) in [5.41, 5.74) is 1.19. The summed E-state index contributed by atoms with van der Waals surface area (Å²) in [6, 6.07) is 6.15. The molecule has 0 amide bonds. The van der Waals surface area contributed by atoms with Crippen LogP contribution in [0.1, 0.15) is 24.4 Å². The van der Waals surface area contributed by atoms with Crippen molar-refractivity contribution in [3.05, 3.63) is 33.8 Å². The van der Waals surface area contributed by atoms with E-state index in [1.165, 1.54) is 5.56 Å². The van der Waals surface area contributed by atoms with Gasteiger partial charge in [0.25, 0.3) is 0 Å². The predicted molar refractivity (Wildman–Crippen MR) is 71.8 cm³/mol. The van der Waals surface area contributed by atoms with Crippen molar-refractivity contribution >= 4 is 23.2 Å². The van der Waals surface area contributed by atoms with E-state index in [1.54, 1.807) is 0 Å². The van der Waals surface area contributed by atoms with E-state index in [0.29, 0.717) is 22.0 Å². The first-order valence-electron chi connectivity index (χ1n) is 5.90. The molecule has 94 valence electrons. The van der Waals surface area contributed by atoms with Crippen LogP contribution in [0.15, 0.2) is 18.2 Å². The minimum absolute atomic E-state index is 0.316. The van der Waals surface area contributed by atoms with Crippen molar-refractivity contribution in [2.24, 2.45) is 5.92 Å². The van der Waals surface area contributed by atoms with Crippen molar-refractivity contribution in [3.63, 3.8) is 0 Å². The molecule has 1 saturated heterocycles. The summed E-state index contributed by atoms with van der Waals surface area (Å²) in [6.07, 6.45) is 2.23. The smallest absolute Gasteiger partial charge is 0.0595 e. The fourth-order valence-electron chi connectivity index (χ4n) is 2.25. The van der Waals surface area contributed by atoms with Crippen LogP contribution in [0.5, 0.6) is 0 Å². The van der Waals surface area contributed by atoms with Crippen LogP contribution in [0.4, 0.5) is 0 Å². The van der Waals surface area contributed by atoms with Crippen molar-refractivity contribution in [1.82, 2.24) is 5.32 Å². The fraction of sp³-hybridized carbons (Fsp3) is 0.538. The maximum Gasteiger partial charge on any atom is 0.0595 e. The zero-order valence-electron chi connectivity index (χ0n) is 9.88. The Balaban J connectivity index is 2.08. The molecule has 0 bridgehead atoms. The monoisotopic (exact) mass is 273 g/mol. The molecule has 1 aliphatic heterocycles. The Kier molecular flexibility index (Phi) is 4.69. The average Bonchev–Trinajstić information content (AvgIpc) is 2.82. The molecule has 1 aliphatic rings. The Morgan fingerprint density at radius 1 is 1.41 bits per heavy atom. The number of nitrogens with one attached hydrogen (secondary N) is 1. The highest BCUT2D eigenvalue weighted by Crippen LogP contribution is 2.30. The molecule has 0 saturated carbocycles. The van der Waals surface area contributed by atoms with E-state index >= 15 is 0 Å². The van der Waals surface area contributed by atoms with E-state index in [9.17, 15) is 0 Å². The topological polar surface area (TPSA) is 21.3 Å². The highest BCUT2D eigenvalue weighted by Gasteiger charge is 2.21. The van der Waals surface area contributed by atoms with Crippen LogP contribution in [0.3, 0.4) is 0 Å². The van der Waals surface area contributed by atoms with Crippen LogP contribution >= 0.6 is 23.2 Å². The van der Waals surface area contributed by atoms with Gasteiger partial charge in [0, 0.05) is 19.3 Å². The Labute approximate surface area is 112 Å². The molecule has 0 aliphatic carbocycles. The molecule has 1 N–H and O–H groups in total. The SMILES string of the molecule is CNC(CC1CCOC1)c1ccc(Cl)c(Cl)c1. The third kappa shape index (κ3) is 3.35. The van der Waals surface area contributed by atoms with Gasteiger partial charge in [-0.3, -0.25) is 0 Å². The molecular weight excluding hydrogens is 257 g/mol. The number of benzene rings is 1. The van der Waals surface area contributed by atoms with Gasteiger partial charge in [0.15, 0.2) is 0 Å². The standard InChI is InChI=1S/C13H17Cl2NO/c1-16-13(6-9-4-5-17-8-9)10-2-3-11(14)12(15)7-10/h2-3,7,9,13,16H,4-6,8H2,1H3. The van der Waals surface area contributed by atoms with Crippen molar-refractivity contribution in [3.8, 4) is 0 Å². The lowest BCUT2D eigenvalue weighted by Gasteiger charge is -2.20. The van der Waals surface area contributed by atoms with Gasteiger partial charge < -0.3 is 10.1 Å². The molecule has 0 aromatic heterocycles. The number of rotatable bonds is 4. The zero-order chi connectivity index (χ0) is 12.3. The van der Waals surface area contributed by atoms with Crippen LogP contribution in [0.2, 0.25) is 10.0 Å². The second-order valence-electron chi connectivity index (χ2n) is 4.48. The van der Waals surface area contributed by atoms with Gasteiger partial charge in [-0.15, -0.1) is 0 Å². The van der Waals surface area contributed by atoms with E-state index in [4.69, 9.17) is 27.9 Å². The van der Waals surface area contributed by atoms with Gasteiger partial charge in [0.1, 0.15) is 0 Å². The molecule has 0 spiro atoms. The van der Waals surface area contributed by atoms with E-state index in [1.807, 2.05) is 25.2 Å². The Hall–Kier alpha value is -0.280. The quantitative estimate of drug-likeness (QED) is 0.904. The van der Waals surface area contributed by atoms with Crippen LogP contribution in [0, 0.1) is 5.92 Å². The summed E-state index contributed by atoms with van der Waals surface area (Å²) < 4.78 is 5.41. The lowest BCUT2D eigenvalue weighted by molar-refractivity contribution is 0.181. The number of ether oxygens (including phenoxy) is 1. The zero-order valence-corrected chi connectivity index (χ0v) is 11.4. The fourth-order valence-corrected chi connectivity index (χ4v) is 2.56. The van der Waals surface area contributed by atoms with Crippen molar-refractivity contribution in [2.75, 3.05) is 20.3 Å². The van der Waals surface area contributed by atoms with Crippen LogP contribution in [-0.2, 0) is 4.74 Å². The lowest BCUT2D eigenvalue weighted by Crippen LogP contribution is -2.20. The molecule has 1 aromatic rings. The summed E-state index contributed by atoms with van der Waals surface area (Å²) in [5.74, 6) is 0.641. The van der Waals surface area contributed by atoms with Gasteiger partial charge >= 0.3 is 0 Å². The molecule has 1 heterocycles. The van der Waals surface area contributed by atoms with E-state index in [-0.39, 0.29) is 0 Å². The molecule has 1 fully saturated rings. The summed E-state index contributed by atoms with van der Waals surface area (Å²) in [5, 5.41) is 4.56. The van der Waals surface area contributed by atoms with Crippen LogP contribution in [0.25, 0.3) is 0 Å². The average molecular weight is 274 g/mol. The van der Waals surface area contributed by atoms with Gasteiger partial charge in [-0.1, -0.05) is 29.3 Å². The number of hydrogen-bond acceptors (Lipinski definition) is 2.